The van der Waals surface area contributed by atoms with E-state index >= 15 is 0 Å². The fourth-order valence-electron chi connectivity index (χ4n) is 2.85. The van der Waals surface area contributed by atoms with E-state index in [0.717, 1.165) is 25.9 Å². The molecule has 5 heteroatoms. The zero-order chi connectivity index (χ0) is 20.7. The van der Waals surface area contributed by atoms with Crippen molar-refractivity contribution in [1.82, 2.24) is 0 Å². The lowest BCUT2D eigenvalue weighted by Gasteiger charge is -2.14. The molecular formula is C23H46O5. The van der Waals surface area contributed by atoms with E-state index in [1.165, 1.54) is 38.5 Å². The Kier molecular flexibility index (Phi) is 22.1. The van der Waals surface area contributed by atoms with Gasteiger partial charge in [-0.1, -0.05) is 65.7 Å². The first-order chi connectivity index (χ1) is 13.7. The van der Waals surface area contributed by atoms with E-state index in [-0.39, 0.29) is 5.97 Å². The second-order valence-corrected chi connectivity index (χ2v) is 7.45. The van der Waals surface area contributed by atoms with E-state index in [0.29, 0.717) is 58.4 Å². The van der Waals surface area contributed by atoms with Crippen LogP contribution < -0.4 is 0 Å². The number of ether oxygens (including phenoxy) is 4. The summed E-state index contributed by atoms with van der Waals surface area (Å²) in [6.45, 7) is 10.9. The number of carbonyl (C=O) groups is 1. The summed E-state index contributed by atoms with van der Waals surface area (Å²) in [7, 11) is 0. The summed E-state index contributed by atoms with van der Waals surface area (Å²) in [5.41, 5.74) is 0. The van der Waals surface area contributed by atoms with Gasteiger partial charge in [0.2, 0.25) is 0 Å². The van der Waals surface area contributed by atoms with Crippen molar-refractivity contribution in [2.75, 3.05) is 46.2 Å². The van der Waals surface area contributed by atoms with Crippen LogP contribution in [-0.2, 0) is 23.7 Å². The fourth-order valence-corrected chi connectivity index (χ4v) is 2.85. The van der Waals surface area contributed by atoms with Gasteiger partial charge < -0.3 is 18.9 Å². The lowest BCUT2D eigenvalue weighted by atomic mass is 10.0. The van der Waals surface area contributed by atoms with Gasteiger partial charge in [-0.2, -0.15) is 0 Å². The van der Waals surface area contributed by atoms with E-state index in [4.69, 9.17) is 18.9 Å². The maximum Gasteiger partial charge on any atom is 0.305 e. The lowest BCUT2D eigenvalue weighted by Crippen LogP contribution is -2.14. The summed E-state index contributed by atoms with van der Waals surface area (Å²) in [5.74, 6) is 0.393. The molecule has 1 atom stereocenters. The molecule has 0 aliphatic rings. The Morgan fingerprint density at radius 3 is 1.86 bits per heavy atom. The number of rotatable bonds is 22. The number of unbranched alkanes of at least 4 members (excludes halogenated alkanes) is 5. The van der Waals surface area contributed by atoms with Crippen LogP contribution in [-0.4, -0.2) is 52.2 Å². The van der Waals surface area contributed by atoms with E-state index < -0.39 is 0 Å². The Morgan fingerprint density at radius 1 is 0.679 bits per heavy atom. The number of carbonyl (C=O) groups excluding carboxylic acids is 1. The predicted molar refractivity (Wildman–Crippen MR) is 115 cm³/mol. The maximum atomic E-state index is 11.8. The minimum absolute atomic E-state index is 0.110. The highest BCUT2D eigenvalue weighted by atomic mass is 16.5. The molecule has 0 saturated heterocycles. The van der Waals surface area contributed by atoms with Crippen LogP contribution in [0.3, 0.4) is 0 Å². The van der Waals surface area contributed by atoms with Gasteiger partial charge in [0, 0.05) is 19.6 Å². The Hall–Kier alpha value is -0.650. The second-order valence-electron chi connectivity index (χ2n) is 7.45. The van der Waals surface area contributed by atoms with Crippen molar-refractivity contribution in [1.29, 1.82) is 0 Å². The molecule has 0 fully saturated rings. The van der Waals surface area contributed by atoms with Gasteiger partial charge in [-0.25, -0.2) is 0 Å². The quantitative estimate of drug-likeness (QED) is 0.176. The van der Waals surface area contributed by atoms with Gasteiger partial charge in [0.15, 0.2) is 0 Å². The van der Waals surface area contributed by atoms with Crippen molar-refractivity contribution in [2.24, 2.45) is 5.92 Å². The molecule has 0 aromatic heterocycles. The average molecular weight is 403 g/mol. The molecule has 1 unspecified atom stereocenters. The predicted octanol–water partition coefficient (Wildman–Crippen LogP) is 5.55. The number of hydrogen-bond donors (Lipinski definition) is 0. The molecule has 0 amide bonds. The first-order valence-corrected chi connectivity index (χ1v) is 11.6. The van der Waals surface area contributed by atoms with Gasteiger partial charge in [-0.05, 0) is 25.2 Å². The minimum atomic E-state index is -0.110. The summed E-state index contributed by atoms with van der Waals surface area (Å²) in [4.78, 5) is 11.8. The van der Waals surface area contributed by atoms with E-state index in [1.54, 1.807) is 0 Å². The normalized spacial score (nSPS) is 12.2. The van der Waals surface area contributed by atoms with Gasteiger partial charge in [-0.15, -0.1) is 0 Å². The van der Waals surface area contributed by atoms with Gasteiger partial charge in [-0.3, -0.25) is 4.79 Å². The second kappa shape index (κ2) is 22.6. The van der Waals surface area contributed by atoms with Crippen LogP contribution in [0, 0.1) is 5.92 Å². The van der Waals surface area contributed by atoms with Crippen molar-refractivity contribution in [3.05, 3.63) is 0 Å². The van der Waals surface area contributed by atoms with Gasteiger partial charge in [0.25, 0.3) is 0 Å². The lowest BCUT2D eigenvalue weighted by molar-refractivity contribution is -0.145. The standard InChI is InChI=1S/C23H46O5/c1-4-7-9-10-11-15-25-17-19-27-20-18-26-16-12-14-23(24)28-21-22(6-3)13-8-5-2/h22H,4-21H2,1-3H3. The van der Waals surface area contributed by atoms with E-state index in [9.17, 15) is 4.79 Å². The Bertz CT molecular complexity index is 322. The molecule has 0 radical (unpaired) electrons. The molecule has 168 valence electrons. The molecule has 0 heterocycles. The third-order valence-corrected chi connectivity index (χ3v) is 4.83. The fraction of sp³-hybridized carbons (Fsp3) is 0.957. The molecule has 0 rings (SSSR count). The summed E-state index contributed by atoms with van der Waals surface area (Å²) >= 11 is 0. The first kappa shape index (κ1) is 27.4. The Balaban J connectivity index is 3.27. The number of hydrogen-bond acceptors (Lipinski definition) is 5. The zero-order valence-corrected chi connectivity index (χ0v) is 18.8. The summed E-state index contributed by atoms with van der Waals surface area (Å²) < 4.78 is 21.9. The largest absolute Gasteiger partial charge is 0.465 e. The van der Waals surface area contributed by atoms with Crippen LogP contribution in [0.25, 0.3) is 0 Å². The summed E-state index contributed by atoms with van der Waals surface area (Å²) in [5, 5.41) is 0. The molecule has 0 spiro atoms. The van der Waals surface area contributed by atoms with Crippen LogP contribution >= 0.6 is 0 Å². The zero-order valence-electron chi connectivity index (χ0n) is 18.8. The van der Waals surface area contributed by atoms with Crippen LogP contribution in [0.2, 0.25) is 0 Å². The summed E-state index contributed by atoms with van der Waals surface area (Å²) in [6.07, 6.45) is 12.1. The molecule has 0 aliphatic carbocycles. The first-order valence-electron chi connectivity index (χ1n) is 11.6. The molecule has 0 aliphatic heterocycles. The van der Waals surface area contributed by atoms with Crippen LogP contribution in [0.4, 0.5) is 0 Å². The maximum absolute atomic E-state index is 11.8. The average Bonchev–Trinajstić information content (AvgIpc) is 2.71. The number of esters is 1. The minimum Gasteiger partial charge on any atom is -0.465 e. The van der Waals surface area contributed by atoms with Crippen molar-refractivity contribution in [3.8, 4) is 0 Å². The molecule has 0 saturated carbocycles. The molecule has 0 N–H and O–H groups in total. The van der Waals surface area contributed by atoms with Crippen molar-refractivity contribution in [2.45, 2.75) is 91.4 Å². The van der Waals surface area contributed by atoms with Gasteiger partial charge in [0.1, 0.15) is 0 Å². The molecule has 0 aromatic carbocycles. The highest BCUT2D eigenvalue weighted by molar-refractivity contribution is 5.69. The molecule has 28 heavy (non-hydrogen) atoms. The van der Waals surface area contributed by atoms with Gasteiger partial charge in [0.05, 0.1) is 33.0 Å². The van der Waals surface area contributed by atoms with Gasteiger partial charge >= 0.3 is 5.97 Å². The third kappa shape index (κ3) is 20.1. The van der Waals surface area contributed by atoms with Crippen LogP contribution in [0.1, 0.15) is 91.4 Å². The highest BCUT2D eigenvalue weighted by Gasteiger charge is 2.09. The van der Waals surface area contributed by atoms with E-state index in [1.807, 2.05) is 0 Å². The smallest absolute Gasteiger partial charge is 0.305 e. The monoisotopic (exact) mass is 402 g/mol. The Labute approximate surface area is 173 Å². The van der Waals surface area contributed by atoms with Crippen LogP contribution in [0.15, 0.2) is 0 Å². The van der Waals surface area contributed by atoms with Crippen LogP contribution in [0.5, 0.6) is 0 Å². The topological polar surface area (TPSA) is 54.0 Å². The third-order valence-electron chi connectivity index (χ3n) is 4.83. The molecular weight excluding hydrogens is 356 g/mol. The van der Waals surface area contributed by atoms with Crippen molar-refractivity contribution < 1.29 is 23.7 Å². The Morgan fingerprint density at radius 2 is 1.25 bits per heavy atom. The molecule has 5 nitrogen and oxygen atoms in total. The van der Waals surface area contributed by atoms with Crippen molar-refractivity contribution in [3.63, 3.8) is 0 Å². The van der Waals surface area contributed by atoms with Crippen molar-refractivity contribution >= 4 is 5.97 Å². The van der Waals surface area contributed by atoms with E-state index in [2.05, 4.69) is 20.8 Å². The summed E-state index contributed by atoms with van der Waals surface area (Å²) in [6, 6.07) is 0. The molecule has 0 aromatic rings. The molecule has 0 bridgehead atoms. The SMILES string of the molecule is CCCCCCCOCCOCCOCCCC(=O)OCC(CC)CCCC. The highest BCUT2D eigenvalue weighted by Crippen LogP contribution is 2.13.